The summed E-state index contributed by atoms with van der Waals surface area (Å²) in [5.74, 6) is -0.353. The maximum atomic E-state index is 11.5. The maximum absolute atomic E-state index is 11.5. The van der Waals surface area contributed by atoms with Gasteiger partial charge in [0.05, 0.1) is 17.9 Å². The molecule has 1 heterocycles. The van der Waals surface area contributed by atoms with Gasteiger partial charge in [-0.2, -0.15) is 0 Å². The van der Waals surface area contributed by atoms with Gasteiger partial charge in [-0.15, -0.1) is 0 Å². The van der Waals surface area contributed by atoms with Crippen molar-refractivity contribution in [1.82, 2.24) is 0 Å². The number of thiol groups is 1. The molecule has 86 valence electrons. The summed E-state index contributed by atoms with van der Waals surface area (Å²) in [6.45, 7) is 2.11. The van der Waals surface area contributed by atoms with Gasteiger partial charge >= 0.3 is 5.97 Å². The van der Waals surface area contributed by atoms with Crippen LogP contribution in [0.5, 0.6) is 0 Å². The van der Waals surface area contributed by atoms with Crippen molar-refractivity contribution in [3.63, 3.8) is 0 Å². The highest BCUT2D eigenvalue weighted by molar-refractivity contribution is 8.49. The number of benzene rings is 1. The molecule has 0 aliphatic carbocycles. The molecule has 0 saturated heterocycles. The summed E-state index contributed by atoms with van der Waals surface area (Å²) in [7, 11) is 4.98. The Kier molecular flexibility index (Phi) is 3.42. The number of esters is 1. The van der Waals surface area contributed by atoms with Crippen molar-refractivity contribution in [3.05, 3.63) is 23.8 Å². The van der Waals surface area contributed by atoms with Crippen LogP contribution in [-0.4, -0.2) is 17.1 Å². The van der Waals surface area contributed by atoms with E-state index in [1.807, 2.05) is 0 Å². The molecule has 16 heavy (non-hydrogen) atoms. The molecule has 0 fully saturated rings. The summed E-state index contributed by atoms with van der Waals surface area (Å²) >= 11 is 5.85. The van der Waals surface area contributed by atoms with E-state index in [0.717, 1.165) is 10.6 Å². The van der Waals surface area contributed by atoms with Crippen molar-refractivity contribution in [2.75, 3.05) is 6.61 Å². The molecular weight excluding hydrogens is 269 g/mol. The van der Waals surface area contributed by atoms with E-state index in [0.29, 0.717) is 16.7 Å². The Balaban J connectivity index is 2.33. The summed E-state index contributed by atoms with van der Waals surface area (Å²) in [5, 5.41) is 0. The number of carbonyl (C=O) groups excluding carboxylic acids is 1. The maximum Gasteiger partial charge on any atom is 0.338 e. The first kappa shape index (κ1) is 11.8. The Morgan fingerprint density at radius 1 is 1.56 bits per heavy atom. The third-order valence-corrected chi connectivity index (χ3v) is 5.16. The molecule has 1 aliphatic heterocycles. The third kappa shape index (κ3) is 2.05. The van der Waals surface area contributed by atoms with Gasteiger partial charge in [-0.1, -0.05) is 32.4 Å². The average Bonchev–Trinajstić information content (AvgIpc) is 2.55. The molecule has 1 atom stereocenters. The lowest BCUT2D eigenvalue weighted by Crippen LogP contribution is -2.04. The molecule has 1 aromatic rings. The molecule has 1 unspecified atom stereocenters. The fraction of sp³-hybridized carbons (Fsp3) is 0.200. The first-order chi connectivity index (χ1) is 7.63. The molecule has 0 spiro atoms. The number of hydrogen-bond acceptors (Lipinski definition) is 3. The first-order valence-corrected chi connectivity index (χ1v) is 7.27. The Labute approximate surface area is 105 Å². The molecule has 0 aromatic heterocycles. The highest BCUT2D eigenvalue weighted by Crippen LogP contribution is 2.54. The van der Waals surface area contributed by atoms with Crippen molar-refractivity contribution in [1.29, 1.82) is 0 Å². The van der Waals surface area contributed by atoms with Crippen LogP contribution in [0.2, 0.25) is 0 Å². The minimum Gasteiger partial charge on any atom is -0.462 e. The third-order valence-electron chi connectivity index (χ3n) is 2.07. The summed E-state index contributed by atoms with van der Waals surface area (Å²) in [5.41, 5.74) is 1.22. The van der Waals surface area contributed by atoms with Gasteiger partial charge in [-0.05, 0) is 25.1 Å². The fourth-order valence-electron chi connectivity index (χ4n) is 1.36. The van der Waals surface area contributed by atoms with E-state index in [1.54, 1.807) is 25.1 Å². The van der Waals surface area contributed by atoms with Gasteiger partial charge in [-0.25, -0.2) is 9.79 Å². The lowest BCUT2D eigenvalue weighted by atomic mass is 10.2. The summed E-state index contributed by atoms with van der Waals surface area (Å²) in [6.07, 6.45) is 0. The highest BCUT2D eigenvalue weighted by atomic mass is 35.7. The Bertz CT molecular complexity index is 476. The van der Waals surface area contributed by atoms with Crippen LogP contribution in [0.15, 0.2) is 28.1 Å². The van der Waals surface area contributed by atoms with Crippen LogP contribution in [0, 0.1) is 0 Å². The van der Waals surface area contributed by atoms with E-state index < -0.39 is 10.1 Å². The molecule has 1 aromatic carbocycles. The Morgan fingerprint density at radius 2 is 2.31 bits per heavy atom. The largest absolute Gasteiger partial charge is 0.462 e. The molecule has 0 amide bonds. The fourth-order valence-corrected chi connectivity index (χ4v) is 3.22. The van der Waals surface area contributed by atoms with E-state index in [-0.39, 0.29) is 5.97 Å². The van der Waals surface area contributed by atoms with Crippen LogP contribution < -0.4 is 0 Å². The monoisotopic (exact) mass is 277 g/mol. The smallest absolute Gasteiger partial charge is 0.338 e. The second kappa shape index (κ2) is 4.65. The highest BCUT2D eigenvalue weighted by Gasteiger charge is 2.22. The molecule has 2 rings (SSSR count). The predicted molar refractivity (Wildman–Crippen MR) is 68.5 cm³/mol. The van der Waals surface area contributed by atoms with Gasteiger partial charge in [0.25, 0.3) is 0 Å². The average molecular weight is 278 g/mol. The number of halogens is 2. The molecule has 0 bridgehead atoms. The lowest BCUT2D eigenvalue weighted by molar-refractivity contribution is 0.0526. The van der Waals surface area contributed by atoms with E-state index in [9.17, 15) is 4.79 Å². The molecule has 6 heteroatoms. The molecule has 0 N–H and O–H groups in total. The standard InChI is InChI=1S/C10H9Cl2NO2S/c1-2-15-9(14)6-3-4-7-8(5-6)16(12)10(11)13-7/h3-5,16H,2H2,1H3. The van der Waals surface area contributed by atoms with Gasteiger partial charge in [-0.3, -0.25) is 0 Å². The van der Waals surface area contributed by atoms with E-state index in [2.05, 4.69) is 4.99 Å². The second-order valence-electron chi connectivity index (χ2n) is 3.09. The van der Waals surface area contributed by atoms with E-state index in [4.69, 9.17) is 27.0 Å². The number of nitrogens with zero attached hydrogens (tertiary/aromatic N) is 1. The molecular formula is C10H9Cl2NO2S. The minimum absolute atomic E-state index is 0.350. The Morgan fingerprint density at radius 3 is 3.00 bits per heavy atom. The van der Waals surface area contributed by atoms with Crippen LogP contribution >= 0.6 is 32.4 Å². The van der Waals surface area contributed by atoms with Crippen molar-refractivity contribution < 1.29 is 9.53 Å². The van der Waals surface area contributed by atoms with Crippen LogP contribution in [0.3, 0.4) is 0 Å². The summed E-state index contributed by atoms with van der Waals surface area (Å²) < 4.78 is 5.30. The van der Waals surface area contributed by atoms with Gasteiger partial charge in [0.15, 0.2) is 4.50 Å². The number of carbonyl (C=O) groups is 1. The quantitative estimate of drug-likeness (QED) is 0.663. The van der Waals surface area contributed by atoms with Gasteiger partial charge in [0.2, 0.25) is 0 Å². The number of aliphatic imine (C=N–C) groups is 1. The minimum atomic E-state index is -1.11. The van der Waals surface area contributed by atoms with Crippen molar-refractivity contribution in [2.24, 2.45) is 4.99 Å². The summed E-state index contributed by atoms with van der Waals surface area (Å²) in [6, 6.07) is 5.09. The Hall–Kier alpha value is -0.710. The molecule has 0 radical (unpaired) electrons. The van der Waals surface area contributed by atoms with Crippen molar-refractivity contribution in [2.45, 2.75) is 11.8 Å². The normalized spacial score (nSPS) is 20.2. The second-order valence-corrected chi connectivity index (χ2v) is 6.19. The number of ether oxygens (including phenoxy) is 1. The van der Waals surface area contributed by atoms with Crippen LogP contribution in [0.1, 0.15) is 17.3 Å². The first-order valence-electron chi connectivity index (χ1n) is 4.64. The van der Waals surface area contributed by atoms with Crippen LogP contribution in [0.4, 0.5) is 5.69 Å². The molecule has 0 saturated carbocycles. The van der Waals surface area contributed by atoms with Gasteiger partial charge in [0.1, 0.15) is 0 Å². The zero-order chi connectivity index (χ0) is 11.7. The number of hydrogen-bond donors (Lipinski definition) is 1. The SMILES string of the molecule is CCOC(=O)c1ccc2c(c1)[SH](Cl)C(Cl)=N2. The molecule has 1 aliphatic rings. The van der Waals surface area contributed by atoms with E-state index in [1.165, 1.54) is 0 Å². The number of fused-ring (bicyclic) bond motifs is 1. The van der Waals surface area contributed by atoms with Gasteiger partial charge < -0.3 is 4.74 Å². The van der Waals surface area contributed by atoms with E-state index >= 15 is 0 Å². The lowest BCUT2D eigenvalue weighted by Gasteiger charge is -2.07. The number of rotatable bonds is 2. The van der Waals surface area contributed by atoms with Crippen LogP contribution in [0.25, 0.3) is 0 Å². The summed E-state index contributed by atoms with van der Waals surface area (Å²) in [4.78, 5) is 16.4. The zero-order valence-corrected chi connectivity index (χ0v) is 10.8. The topological polar surface area (TPSA) is 38.7 Å². The van der Waals surface area contributed by atoms with Crippen LogP contribution in [-0.2, 0) is 4.74 Å². The predicted octanol–water partition coefficient (Wildman–Crippen LogP) is 3.62. The molecule has 3 nitrogen and oxygen atoms in total. The van der Waals surface area contributed by atoms with Crippen molar-refractivity contribution >= 4 is 48.6 Å². The zero-order valence-electron chi connectivity index (χ0n) is 8.41. The van der Waals surface area contributed by atoms with Gasteiger partial charge in [0, 0.05) is 4.90 Å². The van der Waals surface area contributed by atoms with Crippen molar-refractivity contribution in [3.8, 4) is 0 Å².